The van der Waals surface area contributed by atoms with Gasteiger partial charge in [-0.2, -0.15) is 0 Å². The Balaban J connectivity index is 2.50. The van der Waals surface area contributed by atoms with Crippen LogP contribution in [0, 0.1) is 5.41 Å². The van der Waals surface area contributed by atoms with E-state index >= 15 is 0 Å². The first-order chi connectivity index (χ1) is 7.39. The summed E-state index contributed by atoms with van der Waals surface area (Å²) in [5.41, 5.74) is 1.24. The zero-order valence-corrected chi connectivity index (χ0v) is 11.2. The fourth-order valence-electron chi connectivity index (χ4n) is 1.77. The molecule has 0 bridgehead atoms. The Labute approximate surface area is 103 Å². The van der Waals surface area contributed by atoms with Crippen LogP contribution in [0.1, 0.15) is 13.8 Å². The predicted molar refractivity (Wildman–Crippen MR) is 70.1 cm³/mol. The molecule has 0 aliphatic rings. The van der Waals surface area contributed by atoms with E-state index in [1.54, 1.807) is 6.20 Å². The zero-order chi connectivity index (χ0) is 12.2. The van der Waals surface area contributed by atoms with Crippen molar-refractivity contribution in [2.75, 3.05) is 32.5 Å². The molecule has 0 aliphatic carbocycles. The molecule has 0 atom stereocenters. The van der Waals surface area contributed by atoms with E-state index in [9.17, 15) is 0 Å². The third-order valence-corrected chi connectivity index (χ3v) is 2.45. The Morgan fingerprint density at radius 1 is 1.44 bits per heavy atom. The fraction of sp³-hybridized carbons (Fsp3) is 0.583. The largest absolute Gasteiger partial charge is 0.384 e. The second kappa shape index (κ2) is 5.51. The second-order valence-electron chi connectivity index (χ2n) is 5.12. The first-order valence-corrected chi connectivity index (χ1v) is 5.77. The summed E-state index contributed by atoms with van der Waals surface area (Å²) in [5, 5.41) is 3.90. The summed E-state index contributed by atoms with van der Waals surface area (Å²) < 4.78 is 0. The van der Waals surface area contributed by atoms with Gasteiger partial charge in [0.15, 0.2) is 0 Å². The quantitative estimate of drug-likeness (QED) is 0.804. The highest BCUT2D eigenvalue weighted by atomic mass is 35.5. The molecule has 1 aromatic heterocycles. The lowest BCUT2D eigenvalue weighted by atomic mass is 9.93. The standard InChI is InChI=1S/C12H20ClN3/c1-12(2,9-16(3)4)8-15-10-5-6-14-11(13)7-10/h5-7H,8-9H2,1-4H3,(H,14,15). The molecule has 1 N–H and O–H groups in total. The van der Waals surface area contributed by atoms with Gasteiger partial charge in [0.25, 0.3) is 0 Å². The molecule has 1 rings (SSSR count). The van der Waals surface area contributed by atoms with Crippen molar-refractivity contribution in [3.05, 3.63) is 23.5 Å². The lowest BCUT2D eigenvalue weighted by molar-refractivity contribution is 0.254. The van der Waals surface area contributed by atoms with Gasteiger partial charge in [0.05, 0.1) is 0 Å². The molecule has 1 aromatic rings. The van der Waals surface area contributed by atoms with Crippen LogP contribution in [-0.4, -0.2) is 37.1 Å². The molecule has 3 nitrogen and oxygen atoms in total. The van der Waals surface area contributed by atoms with Gasteiger partial charge in [0, 0.05) is 25.0 Å². The van der Waals surface area contributed by atoms with E-state index < -0.39 is 0 Å². The van der Waals surface area contributed by atoms with Gasteiger partial charge >= 0.3 is 0 Å². The van der Waals surface area contributed by atoms with Crippen LogP contribution in [0.25, 0.3) is 0 Å². The van der Waals surface area contributed by atoms with Crippen LogP contribution in [0.3, 0.4) is 0 Å². The van der Waals surface area contributed by atoms with Crippen molar-refractivity contribution < 1.29 is 0 Å². The van der Waals surface area contributed by atoms with E-state index in [-0.39, 0.29) is 5.41 Å². The van der Waals surface area contributed by atoms with Crippen LogP contribution in [0.15, 0.2) is 18.3 Å². The van der Waals surface area contributed by atoms with Crippen molar-refractivity contribution in [3.63, 3.8) is 0 Å². The number of hydrogen-bond donors (Lipinski definition) is 1. The summed E-state index contributed by atoms with van der Waals surface area (Å²) in [5.74, 6) is 0. The maximum Gasteiger partial charge on any atom is 0.131 e. The van der Waals surface area contributed by atoms with Gasteiger partial charge < -0.3 is 10.2 Å². The number of hydrogen-bond acceptors (Lipinski definition) is 3. The van der Waals surface area contributed by atoms with Gasteiger partial charge in [0.1, 0.15) is 5.15 Å². The van der Waals surface area contributed by atoms with Crippen molar-refractivity contribution in [2.24, 2.45) is 5.41 Å². The van der Waals surface area contributed by atoms with Crippen LogP contribution in [0.4, 0.5) is 5.69 Å². The minimum Gasteiger partial charge on any atom is -0.384 e. The molecule has 4 heteroatoms. The lowest BCUT2D eigenvalue weighted by Gasteiger charge is -2.28. The van der Waals surface area contributed by atoms with Crippen LogP contribution < -0.4 is 5.32 Å². The van der Waals surface area contributed by atoms with Gasteiger partial charge in [-0.15, -0.1) is 0 Å². The number of aromatic nitrogens is 1. The number of pyridine rings is 1. The van der Waals surface area contributed by atoms with E-state index in [2.05, 4.69) is 43.1 Å². The van der Waals surface area contributed by atoms with E-state index in [1.165, 1.54) is 0 Å². The van der Waals surface area contributed by atoms with Crippen molar-refractivity contribution in [2.45, 2.75) is 13.8 Å². The molecule has 0 fully saturated rings. The summed E-state index contributed by atoms with van der Waals surface area (Å²) in [4.78, 5) is 6.15. The Hall–Kier alpha value is -0.800. The number of anilines is 1. The molecule has 0 amide bonds. The summed E-state index contributed by atoms with van der Waals surface area (Å²) >= 11 is 5.82. The molecule has 0 unspecified atom stereocenters. The molecule has 1 heterocycles. The Kier molecular flexibility index (Phi) is 4.56. The average Bonchev–Trinajstić information content (AvgIpc) is 2.13. The second-order valence-corrected chi connectivity index (χ2v) is 5.51. The van der Waals surface area contributed by atoms with E-state index in [0.29, 0.717) is 5.15 Å². The summed E-state index contributed by atoms with van der Waals surface area (Å²) in [7, 11) is 4.18. The summed E-state index contributed by atoms with van der Waals surface area (Å²) in [6.07, 6.45) is 1.71. The third-order valence-electron chi connectivity index (χ3n) is 2.24. The number of rotatable bonds is 5. The highest BCUT2D eigenvalue weighted by Gasteiger charge is 2.18. The third kappa shape index (κ3) is 4.81. The van der Waals surface area contributed by atoms with Gasteiger partial charge in [-0.05, 0) is 31.6 Å². The maximum atomic E-state index is 5.82. The SMILES string of the molecule is CN(C)CC(C)(C)CNc1ccnc(Cl)c1. The summed E-state index contributed by atoms with van der Waals surface area (Å²) in [6, 6.07) is 3.77. The highest BCUT2D eigenvalue weighted by molar-refractivity contribution is 6.29. The van der Waals surface area contributed by atoms with Gasteiger partial charge in [-0.1, -0.05) is 25.4 Å². The summed E-state index contributed by atoms with van der Waals surface area (Å²) in [6.45, 7) is 6.43. The van der Waals surface area contributed by atoms with Crippen molar-refractivity contribution in [3.8, 4) is 0 Å². The molecular weight excluding hydrogens is 222 g/mol. The fourth-order valence-corrected chi connectivity index (χ4v) is 1.94. The first kappa shape index (κ1) is 13.3. The Morgan fingerprint density at radius 2 is 2.12 bits per heavy atom. The molecule has 0 radical (unpaired) electrons. The van der Waals surface area contributed by atoms with E-state index in [0.717, 1.165) is 18.8 Å². The Morgan fingerprint density at radius 3 is 2.69 bits per heavy atom. The minimum absolute atomic E-state index is 0.221. The lowest BCUT2D eigenvalue weighted by Crippen LogP contribution is -2.34. The van der Waals surface area contributed by atoms with Crippen LogP contribution >= 0.6 is 11.6 Å². The van der Waals surface area contributed by atoms with E-state index in [4.69, 9.17) is 11.6 Å². The number of nitrogens with zero attached hydrogens (tertiary/aromatic N) is 2. The molecule has 0 saturated heterocycles. The molecule has 0 aromatic carbocycles. The Bertz CT molecular complexity index is 337. The van der Waals surface area contributed by atoms with Gasteiger partial charge in [-0.25, -0.2) is 4.98 Å². The molecular formula is C12H20ClN3. The predicted octanol–water partition coefficient (Wildman–Crippen LogP) is 2.73. The monoisotopic (exact) mass is 241 g/mol. The van der Waals surface area contributed by atoms with Crippen LogP contribution in [-0.2, 0) is 0 Å². The molecule has 0 aliphatic heterocycles. The van der Waals surface area contributed by atoms with E-state index in [1.807, 2.05) is 12.1 Å². The zero-order valence-electron chi connectivity index (χ0n) is 10.4. The van der Waals surface area contributed by atoms with Crippen molar-refractivity contribution in [1.82, 2.24) is 9.88 Å². The van der Waals surface area contributed by atoms with Crippen molar-refractivity contribution >= 4 is 17.3 Å². The average molecular weight is 242 g/mol. The smallest absolute Gasteiger partial charge is 0.131 e. The van der Waals surface area contributed by atoms with Crippen LogP contribution in [0.2, 0.25) is 5.15 Å². The molecule has 0 spiro atoms. The molecule has 16 heavy (non-hydrogen) atoms. The molecule has 0 saturated carbocycles. The first-order valence-electron chi connectivity index (χ1n) is 5.39. The van der Waals surface area contributed by atoms with Crippen molar-refractivity contribution in [1.29, 1.82) is 0 Å². The normalized spacial score (nSPS) is 11.9. The maximum absolute atomic E-state index is 5.82. The number of nitrogens with one attached hydrogen (secondary N) is 1. The topological polar surface area (TPSA) is 28.2 Å². The highest BCUT2D eigenvalue weighted by Crippen LogP contribution is 2.18. The van der Waals surface area contributed by atoms with Crippen LogP contribution in [0.5, 0.6) is 0 Å². The molecule has 90 valence electrons. The number of halogens is 1. The minimum atomic E-state index is 0.221. The van der Waals surface area contributed by atoms with Gasteiger partial charge in [0.2, 0.25) is 0 Å². The van der Waals surface area contributed by atoms with Gasteiger partial charge in [-0.3, -0.25) is 0 Å².